The first kappa shape index (κ1) is 19.0. The van der Waals surface area contributed by atoms with Crippen molar-refractivity contribution >= 4 is 17.4 Å². The van der Waals surface area contributed by atoms with Gasteiger partial charge in [-0.1, -0.05) is 23.7 Å². The van der Waals surface area contributed by atoms with E-state index in [1.807, 2.05) is 0 Å². The van der Waals surface area contributed by atoms with E-state index in [1.165, 1.54) is 18.2 Å². The summed E-state index contributed by atoms with van der Waals surface area (Å²) in [7, 11) is 0. The van der Waals surface area contributed by atoms with E-state index in [9.17, 15) is 18.0 Å². The van der Waals surface area contributed by atoms with E-state index in [-0.39, 0.29) is 10.9 Å². The predicted molar refractivity (Wildman–Crippen MR) is 85.8 cm³/mol. The number of halogens is 4. The molecule has 7 heteroatoms. The predicted octanol–water partition coefficient (Wildman–Crippen LogP) is 3.93. The average Bonchev–Trinajstić information content (AvgIpc) is 2.74. The van der Waals surface area contributed by atoms with E-state index < -0.39 is 23.6 Å². The molecule has 0 saturated carbocycles. The molecule has 2 atom stereocenters. The maximum absolute atomic E-state index is 13.7. The van der Waals surface area contributed by atoms with Crippen LogP contribution in [0.5, 0.6) is 0 Å². The smallest absolute Gasteiger partial charge is 0.306 e. The molecule has 0 radical (unpaired) electrons. The summed E-state index contributed by atoms with van der Waals surface area (Å²) in [6.45, 7) is 2.21. The molecule has 24 heavy (non-hydrogen) atoms. The first-order valence-electron chi connectivity index (χ1n) is 7.65. The first-order chi connectivity index (χ1) is 11.3. The van der Waals surface area contributed by atoms with Crippen LogP contribution < -0.4 is 5.32 Å². The van der Waals surface area contributed by atoms with Crippen LogP contribution in [0.25, 0.3) is 0 Å². The Bertz CT molecular complexity index is 616. The summed E-state index contributed by atoms with van der Waals surface area (Å²) in [5.74, 6) is -5.28. The number of rotatable bonds is 5. The lowest BCUT2D eigenvalue weighted by atomic mass is 9.92. The number of hydrogen-bond acceptors (Lipinski definition) is 3. The molecule has 0 aliphatic carbocycles. The topological polar surface area (TPSA) is 38.3 Å². The van der Waals surface area contributed by atoms with Gasteiger partial charge in [0.2, 0.25) is 5.78 Å². The van der Waals surface area contributed by atoms with Crippen LogP contribution in [0, 0.1) is 11.7 Å². The van der Waals surface area contributed by atoms with Crippen molar-refractivity contribution < 1.29 is 22.7 Å². The third kappa shape index (κ3) is 5.06. The number of ether oxygens (including phenoxy) is 1. The van der Waals surface area contributed by atoms with Crippen LogP contribution in [0.1, 0.15) is 25.0 Å². The van der Waals surface area contributed by atoms with Gasteiger partial charge in [0.25, 0.3) is 0 Å². The number of allylic oxidation sites excluding steroid dienone is 2. The maximum atomic E-state index is 13.7. The van der Waals surface area contributed by atoms with Crippen LogP contribution in [0.3, 0.4) is 0 Å². The van der Waals surface area contributed by atoms with Crippen LogP contribution in [0.4, 0.5) is 13.2 Å². The fraction of sp³-hybridized carbons (Fsp3) is 0.471. The summed E-state index contributed by atoms with van der Waals surface area (Å²) in [6.07, 6.45) is 2.25. The van der Waals surface area contributed by atoms with Gasteiger partial charge in [0.05, 0.1) is 17.7 Å². The lowest BCUT2D eigenvalue weighted by molar-refractivity contribution is -0.135. The Kier molecular flexibility index (Phi) is 6.43. The van der Waals surface area contributed by atoms with E-state index in [4.69, 9.17) is 16.3 Å². The van der Waals surface area contributed by atoms with Gasteiger partial charge in [0, 0.05) is 25.9 Å². The number of carbonyl (C=O) groups excluding carboxylic acids is 1. The number of nitrogens with one attached hydrogen (secondary N) is 1. The van der Waals surface area contributed by atoms with Crippen LogP contribution in [0.15, 0.2) is 30.4 Å². The Morgan fingerprint density at radius 2 is 2.25 bits per heavy atom. The van der Waals surface area contributed by atoms with Crippen LogP contribution in [0.2, 0.25) is 5.02 Å². The summed E-state index contributed by atoms with van der Waals surface area (Å²) >= 11 is 5.70. The zero-order chi connectivity index (χ0) is 17.7. The Hall–Kier alpha value is -1.37. The minimum atomic E-state index is -3.38. The van der Waals surface area contributed by atoms with Crippen molar-refractivity contribution in [2.45, 2.75) is 25.4 Å². The number of ketones is 1. The molecule has 0 spiro atoms. The largest absolute Gasteiger partial charge is 0.372 e. The highest BCUT2D eigenvalue weighted by atomic mass is 35.5. The molecular formula is C17H19ClF3NO2. The highest BCUT2D eigenvalue weighted by Crippen LogP contribution is 2.31. The lowest BCUT2D eigenvalue weighted by Gasteiger charge is -2.24. The van der Waals surface area contributed by atoms with Gasteiger partial charge < -0.3 is 10.1 Å². The summed E-state index contributed by atoms with van der Waals surface area (Å²) in [5.41, 5.74) is 0.631. The van der Waals surface area contributed by atoms with Gasteiger partial charge in [-0.25, -0.2) is 4.39 Å². The molecule has 0 bridgehead atoms. The van der Waals surface area contributed by atoms with Crippen molar-refractivity contribution in [1.82, 2.24) is 5.32 Å². The second-order valence-corrected chi connectivity index (χ2v) is 6.23. The average molecular weight is 362 g/mol. The SMILES string of the molecule is CC(F)(F)C(=O)/C=C\C[C@@H]1CNCCO[C@H]1c1ccc(Cl)c(F)c1. The fourth-order valence-corrected chi connectivity index (χ4v) is 2.67. The van der Waals surface area contributed by atoms with Gasteiger partial charge in [0.1, 0.15) is 5.82 Å². The van der Waals surface area contributed by atoms with Crippen molar-refractivity contribution in [3.8, 4) is 0 Å². The van der Waals surface area contributed by atoms with E-state index in [2.05, 4.69) is 5.32 Å². The standard InChI is InChI=1S/C17H19ClF3NO2/c1-17(20,21)15(23)4-2-3-12-10-22-7-8-24-16(12)11-5-6-13(18)14(19)9-11/h2,4-6,9,12,16,22H,3,7-8,10H2,1H3/b4-2-/t12-,16+/m1/s1. The fourth-order valence-electron chi connectivity index (χ4n) is 2.55. The first-order valence-corrected chi connectivity index (χ1v) is 8.03. The molecule has 1 aromatic rings. The van der Waals surface area contributed by atoms with Crippen molar-refractivity contribution in [2.75, 3.05) is 19.7 Å². The molecular weight excluding hydrogens is 343 g/mol. The summed E-state index contributed by atoms with van der Waals surface area (Å²) in [5, 5.41) is 3.21. The Labute approximate surface area is 143 Å². The van der Waals surface area contributed by atoms with Gasteiger partial charge >= 0.3 is 5.92 Å². The maximum Gasteiger partial charge on any atom is 0.306 e. The molecule has 2 rings (SSSR count). The summed E-state index contributed by atoms with van der Waals surface area (Å²) < 4.78 is 45.2. The minimum Gasteiger partial charge on any atom is -0.372 e. The van der Waals surface area contributed by atoms with Gasteiger partial charge in [-0.2, -0.15) is 8.78 Å². The molecule has 1 fully saturated rings. The lowest BCUT2D eigenvalue weighted by Crippen LogP contribution is -2.25. The number of benzene rings is 1. The van der Waals surface area contributed by atoms with Gasteiger partial charge in [-0.15, -0.1) is 0 Å². The third-order valence-electron chi connectivity index (χ3n) is 3.82. The quantitative estimate of drug-likeness (QED) is 0.808. The zero-order valence-electron chi connectivity index (χ0n) is 13.2. The van der Waals surface area contributed by atoms with Crippen molar-refractivity contribution in [3.05, 3.63) is 46.8 Å². The van der Waals surface area contributed by atoms with Gasteiger partial charge in [-0.3, -0.25) is 4.79 Å². The molecule has 3 nitrogen and oxygen atoms in total. The van der Waals surface area contributed by atoms with Crippen molar-refractivity contribution in [3.63, 3.8) is 0 Å². The third-order valence-corrected chi connectivity index (χ3v) is 4.13. The van der Waals surface area contributed by atoms with E-state index >= 15 is 0 Å². The van der Waals surface area contributed by atoms with Gasteiger partial charge in [-0.05, 0) is 30.2 Å². The molecule has 1 aromatic carbocycles. The highest BCUT2D eigenvalue weighted by molar-refractivity contribution is 6.30. The highest BCUT2D eigenvalue weighted by Gasteiger charge is 2.30. The summed E-state index contributed by atoms with van der Waals surface area (Å²) in [6, 6.07) is 4.46. The second-order valence-electron chi connectivity index (χ2n) is 5.82. The number of hydrogen-bond donors (Lipinski definition) is 1. The van der Waals surface area contributed by atoms with Gasteiger partial charge in [0.15, 0.2) is 0 Å². The second kappa shape index (κ2) is 8.14. The van der Waals surface area contributed by atoms with Crippen molar-refractivity contribution in [2.24, 2.45) is 5.92 Å². The molecule has 1 saturated heterocycles. The molecule has 1 N–H and O–H groups in total. The Morgan fingerprint density at radius 3 is 2.92 bits per heavy atom. The molecule has 0 unspecified atom stereocenters. The Balaban J connectivity index is 2.13. The van der Waals surface area contributed by atoms with Crippen molar-refractivity contribution in [1.29, 1.82) is 0 Å². The molecule has 1 heterocycles. The van der Waals surface area contributed by atoms with Crippen LogP contribution in [-0.2, 0) is 9.53 Å². The minimum absolute atomic E-state index is 0.0257. The van der Waals surface area contributed by atoms with Crippen LogP contribution >= 0.6 is 11.6 Å². The normalized spacial score (nSPS) is 22.5. The number of alkyl halides is 2. The monoisotopic (exact) mass is 361 g/mol. The number of carbonyl (C=O) groups is 1. The molecule has 0 aromatic heterocycles. The molecule has 132 valence electrons. The van der Waals surface area contributed by atoms with E-state index in [0.29, 0.717) is 38.6 Å². The zero-order valence-corrected chi connectivity index (χ0v) is 14.0. The molecule has 1 aliphatic rings. The van der Waals surface area contributed by atoms with E-state index in [1.54, 1.807) is 6.07 Å². The van der Waals surface area contributed by atoms with E-state index in [0.717, 1.165) is 6.08 Å². The summed E-state index contributed by atoms with van der Waals surface area (Å²) in [4.78, 5) is 11.3. The van der Waals surface area contributed by atoms with Crippen LogP contribution in [-0.4, -0.2) is 31.4 Å². The Morgan fingerprint density at radius 1 is 1.50 bits per heavy atom. The molecule has 0 amide bonds. The molecule has 1 aliphatic heterocycles.